The van der Waals surface area contributed by atoms with Crippen molar-refractivity contribution in [2.75, 3.05) is 19.6 Å². The van der Waals surface area contributed by atoms with Gasteiger partial charge in [0.05, 0.1) is 11.4 Å². The molecule has 4 heteroatoms. The number of ketones is 1. The van der Waals surface area contributed by atoms with Gasteiger partial charge in [0.15, 0.2) is 5.78 Å². The number of carbonyl (C=O) groups excluding carboxylic acids is 1. The van der Waals surface area contributed by atoms with E-state index < -0.39 is 0 Å². The Kier molecular flexibility index (Phi) is 3.52. The largest absolute Gasteiger partial charge is 0.295 e. The van der Waals surface area contributed by atoms with E-state index in [1.807, 2.05) is 11.4 Å². The van der Waals surface area contributed by atoms with Crippen LogP contribution in [0, 0.1) is 5.41 Å². The average Bonchev–Trinajstić information content (AvgIpc) is 2.72. The Bertz CT molecular complexity index is 399. The molecule has 0 amide bonds. The SMILES string of the molecule is CC1(C)CCN(CC(=O)c2sccc2Br)C1. The highest BCUT2D eigenvalue weighted by Gasteiger charge is 2.30. The van der Waals surface area contributed by atoms with Crippen molar-refractivity contribution >= 4 is 33.0 Å². The van der Waals surface area contributed by atoms with Crippen LogP contribution >= 0.6 is 27.3 Å². The summed E-state index contributed by atoms with van der Waals surface area (Å²) in [6, 6.07) is 1.94. The predicted molar refractivity (Wildman–Crippen MR) is 71.2 cm³/mol. The summed E-state index contributed by atoms with van der Waals surface area (Å²) in [5.74, 6) is 0.236. The number of rotatable bonds is 3. The third-order valence-electron chi connectivity index (χ3n) is 2.99. The van der Waals surface area contributed by atoms with Crippen LogP contribution in [0.1, 0.15) is 29.9 Å². The zero-order valence-electron chi connectivity index (χ0n) is 9.62. The lowest BCUT2D eigenvalue weighted by atomic mass is 9.93. The maximum Gasteiger partial charge on any atom is 0.187 e. The molecule has 1 aliphatic heterocycles. The van der Waals surface area contributed by atoms with Crippen LogP contribution in [0.4, 0.5) is 0 Å². The van der Waals surface area contributed by atoms with Crippen molar-refractivity contribution in [1.29, 1.82) is 0 Å². The van der Waals surface area contributed by atoms with E-state index in [1.165, 1.54) is 17.8 Å². The van der Waals surface area contributed by atoms with Gasteiger partial charge in [-0.3, -0.25) is 9.69 Å². The third-order valence-corrected chi connectivity index (χ3v) is 4.87. The molecular weight excluding hydrogens is 286 g/mol. The quantitative estimate of drug-likeness (QED) is 0.797. The van der Waals surface area contributed by atoms with Crippen LogP contribution in [0.5, 0.6) is 0 Å². The van der Waals surface area contributed by atoms with Crippen LogP contribution < -0.4 is 0 Å². The number of hydrogen-bond acceptors (Lipinski definition) is 3. The standard InChI is InChI=1S/C12H16BrNOS/c1-12(2)4-5-14(8-12)7-10(15)11-9(13)3-6-16-11/h3,6H,4-5,7-8H2,1-2H3. The normalized spacial score (nSPS) is 20.2. The summed E-state index contributed by atoms with van der Waals surface area (Å²) in [5.41, 5.74) is 0.368. The average molecular weight is 302 g/mol. The Balaban J connectivity index is 1.97. The van der Waals surface area contributed by atoms with Crippen molar-refractivity contribution in [3.63, 3.8) is 0 Å². The minimum absolute atomic E-state index is 0.236. The van der Waals surface area contributed by atoms with Crippen molar-refractivity contribution in [2.45, 2.75) is 20.3 Å². The van der Waals surface area contributed by atoms with Crippen LogP contribution in [0.25, 0.3) is 0 Å². The Morgan fingerprint density at radius 1 is 1.62 bits per heavy atom. The highest BCUT2D eigenvalue weighted by Crippen LogP contribution is 2.29. The molecule has 88 valence electrons. The van der Waals surface area contributed by atoms with Gasteiger partial charge in [-0.1, -0.05) is 13.8 Å². The third kappa shape index (κ3) is 2.73. The minimum atomic E-state index is 0.236. The summed E-state index contributed by atoms with van der Waals surface area (Å²) in [6.07, 6.45) is 1.19. The maximum atomic E-state index is 12.0. The van der Waals surface area contributed by atoms with Gasteiger partial charge in [-0.05, 0) is 45.8 Å². The van der Waals surface area contributed by atoms with Crippen LogP contribution in [0.15, 0.2) is 15.9 Å². The number of Topliss-reactive ketones (excluding diaryl/α,β-unsaturated/α-hetero) is 1. The first kappa shape index (κ1) is 12.3. The molecule has 2 heterocycles. The molecule has 0 spiro atoms. The number of thiophene rings is 1. The first-order valence-corrected chi connectivity index (χ1v) is 7.14. The van der Waals surface area contributed by atoms with Crippen molar-refractivity contribution in [3.05, 3.63) is 20.8 Å². The summed E-state index contributed by atoms with van der Waals surface area (Å²) in [7, 11) is 0. The molecule has 0 radical (unpaired) electrons. The van der Waals surface area contributed by atoms with Crippen LogP contribution in [0.2, 0.25) is 0 Å². The molecule has 0 aliphatic carbocycles. The molecule has 16 heavy (non-hydrogen) atoms. The van der Waals surface area contributed by atoms with Gasteiger partial charge in [0, 0.05) is 11.0 Å². The lowest BCUT2D eigenvalue weighted by molar-refractivity contribution is 0.0943. The molecule has 1 aromatic heterocycles. The van der Waals surface area contributed by atoms with E-state index in [-0.39, 0.29) is 5.78 Å². The van der Waals surface area contributed by atoms with Gasteiger partial charge in [0.25, 0.3) is 0 Å². The zero-order chi connectivity index (χ0) is 11.8. The molecule has 0 unspecified atom stereocenters. The molecule has 0 atom stereocenters. The molecule has 2 nitrogen and oxygen atoms in total. The second kappa shape index (κ2) is 4.59. The Labute approximate surface area is 109 Å². The molecule has 0 saturated carbocycles. The molecular formula is C12H16BrNOS. The van der Waals surface area contributed by atoms with Crippen molar-refractivity contribution in [1.82, 2.24) is 4.90 Å². The Morgan fingerprint density at radius 3 is 2.88 bits per heavy atom. The zero-order valence-corrected chi connectivity index (χ0v) is 12.0. The van der Waals surface area contributed by atoms with Gasteiger partial charge in [-0.2, -0.15) is 0 Å². The van der Waals surface area contributed by atoms with Gasteiger partial charge in [0.1, 0.15) is 0 Å². The highest BCUT2D eigenvalue weighted by molar-refractivity contribution is 9.10. The van der Waals surface area contributed by atoms with E-state index in [1.54, 1.807) is 0 Å². The number of hydrogen-bond donors (Lipinski definition) is 0. The minimum Gasteiger partial charge on any atom is -0.295 e. The molecule has 1 aromatic rings. The molecule has 1 fully saturated rings. The van der Waals surface area contributed by atoms with E-state index in [9.17, 15) is 4.79 Å². The van der Waals surface area contributed by atoms with Crippen LogP contribution in [0.3, 0.4) is 0 Å². The van der Waals surface area contributed by atoms with Crippen LogP contribution in [-0.4, -0.2) is 30.3 Å². The van der Waals surface area contributed by atoms with Gasteiger partial charge in [0.2, 0.25) is 0 Å². The first-order valence-electron chi connectivity index (χ1n) is 5.46. The molecule has 0 bridgehead atoms. The van der Waals surface area contributed by atoms with E-state index >= 15 is 0 Å². The smallest absolute Gasteiger partial charge is 0.187 e. The Hall–Kier alpha value is -0.190. The lowest BCUT2D eigenvalue weighted by Crippen LogP contribution is -2.29. The fourth-order valence-electron chi connectivity index (χ4n) is 2.13. The van der Waals surface area contributed by atoms with Crippen molar-refractivity contribution in [3.8, 4) is 0 Å². The summed E-state index contributed by atoms with van der Waals surface area (Å²) >= 11 is 4.93. The number of nitrogens with zero attached hydrogens (tertiary/aromatic N) is 1. The van der Waals surface area contributed by atoms with Gasteiger partial charge < -0.3 is 0 Å². The molecule has 0 N–H and O–H groups in total. The van der Waals surface area contributed by atoms with Crippen LogP contribution in [-0.2, 0) is 0 Å². The highest BCUT2D eigenvalue weighted by atomic mass is 79.9. The monoisotopic (exact) mass is 301 g/mol. The summed E-state index contributed by atoms with van der Waals surface area (Å²) < 4.78 is 0.931. The second-order valence-corrected chi connectivity index (χ2v) is 6.92. The molecule has 1 saturated heterocycles. The van der Waals surface area contributed by atoms with E-state index in [0.717, 1.165) is 22.4 Å². The molecule has 2 rings (SSSR count). The van der Waals surface area contributed by atoms with Gasteiger partial charge in [-0.15, -0.1) is 11.3 Å². The van der Waals surface area contributed by atoms with E-state index in [2.05, 4.69) is 34.7 Å². The summed E-state index contributed by atoms with van der Waals surface area (Å²) in [5, 5.41) is 1.95. The van der Waals surface area contributed by atoms with Crippen molar-refractivity contribution < 1.29 is 4.79 Å². The molecule has 1 aliphatic rings. The molecule has 0 aromatic carbocycles. The fraction of sp³-hybridized carbons (Fsp3) is 0.583. The first-order chi connectivity index (χ1) is 7.48. The van der Waals surface area contributed by atoms with E-state index in [0.29, 0.717) is 12.0 Å². The topological polar surface area (TPSA) is 20.3 Å². The van der Waals surface area contributed by atoms with E-state index in [4.69, 9.17) is 0 Å². The maximum absolute atomic E-state index is 12.0. The summed E-state index contributed by atoms with van der Waals surface area (Å²) in [4.78, 5) is 15.1. The Morgan fingerprint density at radius 2 is 2.38 bits per heavy atom. The van der Waals surface area contributed by atoms with Gasteiger partial charge in [-0.25, -0.2) is 0 Å². The predicted octanol–water partition coefficient (Wildman–Crippen LogP) is 3.43. The summed E-state index contributed by atoms with van der Waals surface area (Å²) in [6.45, 7) is 7.16. The number of carbonyl (C=O) groups is 1. The fourth-order valence-corrected chi connectivity index (χ4v) is 3.65. The van der Waals surface area contributed by atoms with Gasteiger partial charge >= 0.3 is 0 Å². The lowest BCUT2D eigenvalue weighted by Gasteiger charge is -2.18. The number of halogens is 1. The second-order valence-electron chi connectivity index (χ2n) is 5.15. The van der Waals surface area contributed by atoms with Crippen molar-refractivity contribution in [2.24, 2.45) is 5.41 Å². The number of likely N-dealkylation sites (tertiary alicyclic amines) is 1.